The van der Waals surface area contributed by atoms with Gasteiger partial charge in [0.15, 0.2) is 0 Å². The lowest BCUT2D eigenvalue weighted by Crippen LogP contribution is -2.47. The van der Waals surface area contributed by atoms with Crippen LogP contribution in [0.15, 0.2) is 0 Å². The predicted octanol–water partition coefficient (Wildman–Crippen LogP) is 1.15. The molecular formula is C11H20N2O3. The largest absolute Gasteiger partial charge is 0.481 e. The van der Waals surface area contributed by atoms with E-state index >= 15 is 0 Å². The SMILES string of the molecule is C[C@H]1C[C@H](C)CN(C(=O)NCCC(=O)O)C1. The van der Waals surface area contributed by atoms with Gasteiger partial charge in [0, 0.05) is 19.6 Å². The molecule has 0 aromatic carbocycles. The summed E-state index contributed by atoms with van der Waals surface area (Å²) in [7, 11) is 0. The zero-order valence-electron chi connectivity index (χ0n) is 9.90. The van der Waals surface area contributed by atoms with E-state index in [0.717, 1.165) is 19.5 Å². The number of piperidine rings is 1. The minimum Gasteiger partial charge on any atom is -0.481 e. The van der Waals surface area contributed by atoms with Crippen LogP contribution in [0.3, 0.4) is 0 Å². The lowest BCUT2D eigenvalue weighted by atomic mass is 9.92. The number of carbonyl (C=O) groups excluding carboxylic acids is 1. The van der Waals surface area contributed by atoms with Crippen molar-refractivity contribution in [3.63, 3.8) is 0 Å². The van der Waals surface area contributed by atoms with Crippen LogP contribution in [0.4, 0.5) is 4.79 Å². The predicted molar refractivity (Wildman–Crippen MR) is 60.2 cm³/mol. The molecule has 2 N–H and O–H groups in total. The molecule has 16 heavy (non-hydrogen) atoms. The third-order valence-corrected chi connectivity index (χ3v) is 2.77. The van der Waals surface area contributed by atoms with Crippen molar-refractivity contribution in [1.82, 2.24) is 10.2 Å². The van der Waals surface area contributed by atoms with Crippen molar-refractivity contribution >= 4 is 12.0 Å². The van der Waals surface area contributed by atoms with Crippen LogP contribution in [0.25, 0.3) is 0 Å². The minimum atomic E-state index is -0.888. The van der Waals surface area contributed by atoms with Crippen LogP contribution in [0.5, 0.6) is 0 Å². The van der Waals surface area contributed by atoms with Gasteiger partial charge in [-0.15, -0.1) is 0 Å². The first kappa shape index (κ1) is 12.8. The van der Waals surface area contributed by atoms with Crippen LogP contribution in [-0.4, -0.2) is 41.6 Å². The second-order valence-electron chi connectivity index (χ2n) is 4.73. The summed E-state index contributed by atoms with van der Waals surface area (Å²) in [6.07, 6.45) is 1.13. The smallest absolute Gasteiger partial charge is 0.317 e. The van der Waals surface area contributed by atoms with Gasteiger partial charge >= 0.3 is 12.0 Å². The van der Waals surface area contributed by atoms with Gasteiger partial charge in [0.2, 0.25) is 0 Å². The molecule has 0 spiro atoms. The summed E-state index contributed by atoms with van der Waals surface area (Å²) >= 11 is 0. The standard InChI is InChI=1S/C11H20N2O3/c1-8-5-9(2)7-13(6-8)11(16)12-4-3-10(14)15/h8-9H,3-7H2,1-2H3,(H,12,16)(H,14,15)/t8-,9-/m0/s1. The molecule has 1 fully saturated rings. The number of carboxylic acid groups (broad SMARTS) is 1. The molecule has 0 aromatic rings. The molecule has 0 aliphatic carbocycles. The van der Waals surface area contributed by atoms with E-state index in [9.17, 15) is 9.59 Å². The minimum absolute atomic E-state index is 0.0231. The lowest BCUT2D eigenvalue weighted by Gasteiger charge is -2.34. The second kappa shape index (κ2) is 5.72. The quantitative estimate of drug-likeness (QED) is 0.761. The summed E-state index contributed by atoms with van der Waals surface area (Å²) in [4.78, 5) is 23.8. The van der Waals surface area contributed by atoms with Crippen molar-refractivity contribution < 1.29 is 14.7 Å². The Morgan fingerprint density at radius 1 is 1.31 bits per heavy atom. The van der Waals surface area contributed by atoms with Gasteiger partial charge in [-0.2, -0.15) is 0 Å². The molecule has 1 aliphatic heterocycles. The van der Waals surface area contributed by atoms with E-state index in [0.29, 0.717) is 11.8 Å². The highest BCUT2D eigenvalue weighted by Gasteiger charge is 2.24. The van der Waals surface area contributed by atoms with Gasteiger partial charge in [-0.3, -0.25) is 4.79 Å². The Kier molecular flexibility index (Phi) is 4.58. The Bertz CT molecular complexity index is 258. The van der Waals surface area contributed by atoms with E-state index in [1.165, 1.54) is 0 Å². The van der Waals surface area contributed by atoms with E-state index in [-0.39, 0.29) is 19.0 Å². The summed E-state index contributed by atoms with van der Waals surface area (Å²) in [5.74, 6) is 0.156. The third kappa shape index (κ3) is 4.08. The maximum absolute atomic E-state index is 11.7. The fraction of sp³-hybridized carbons (Fsp3) is 0.818. The number of aliphatic carboxylic acids is 1. The van der Waals surface area contributed by atoms with Gasteiger partial charge in [0.05, 0.1) is 6.42 Å². The van der Waals surface area contributed by atoms with Crippen LogP contribution >= 0.6 is 0 Å². The van der Waals surface area contributed by atoms with Gasteiger partial charge in [0.25, 0.3) is 0 Å². The summed E-state index contributed by atoms with van der Waals surface area (Å²) in [5, 5.41) is 11.1. The fourth-order valence-electron chi connectivity index (χ4n) is 2.22. The Hall–Kier alpha value is -1.26. The highest BCUT2D eigenvalue weighted by molar-refractivity contribution is 5.75. The number of rotatable bonds is 3. The number of hydrogen-bond acceptors (Lipinski definition) is 2. The van der Waals surface area contributed by atoms with Crippen LogP contribution in [0, 0.1) is 11.8 Å². The number of nitrogens with zero attached hydrogens (tertiary/aromatic N) is 1. The zero-order chi connectivity index (χ0) is 12.1. The molecule has 2 atom stereocenters. The molecule has 0 saturated carbocycles. The number of carbonyl (C=O) groups is 2. The summed E-state index contributed by atoms with van der Waals surface area (Å²) in [5.41, 5.74) is 0. The first-order chi connectivity index (χ1) is 7.49. The van der Waals surface area contributed by atoms with Crippen molar-refractivity contribution in [2.75, 3.05) is 19.6 Å². The average molecular weight is 228 g/mol. The number of carboxylic acids is 1. The Balaban J connectivity index is 2.32. The number of amides is 2. The maximum atomic E-state index is 11.7. The molecule has 0 bridgehead atoms. The second-order valence-corrected chi connectivity index (χ2v) is 4.73. The molecule has 92 valence electrons. The number of nitrogens with one attached hydrogen (secondary N) is 1. The van der Waals surface area contributed by atoms with Crippen LogP contribution in [0.1, 0.15) is 26.7 Å². The molecule has 2 amide bonds. The van der Waals surface area contributed by atoms with Gasteiger partial charge in [-0.1, -0.05) is 13.8 Å². The van der Waals surface area contributed by atoms with Gasteiger partial charge in [-0.25, -0.2) is 4.79 Å². The molecule has 0 aromatic heterocycles. The van der Waals surface area contributed by atoms with Gasteiger partial charge in [-0.05, 0) is 18.3 Å². The number of likely N-dealkylation sites (tertiary alicyclic amines) is 1. The van der Waals surface area contributed by atoms with Crippen molar-refractivity contribution in [1.29, 1.82) is 0 Å². The highest BCUT2D eigenvalue weighted by atomic mass is 16.4. The molecule has 0 unspecified atom stereocenters. The lowest BCUT2D eigenvalue weighted by molar-refractivity contribution is -0.136. The molecule has 1 heterocycles. The monoisotopic (exact) mass is 228 g/mol. The number of urea groups is 1. The topological polar surface area (TPSA) is 69.6 Å². The molecule has 1 saturated heterocycles. The summed E-state index contributed by atoms with van der Waals surface area (Å²) in [6.45, 7) is 6.00. The molecule has 1 rings (SSSR count). The van der Waals surface area contributed by atoms with Gasteiger partial charge in [0.1, 0.15) is 0 Å². The fourth-order valence-corrected chi connectivity index (χ4v) is 2.22. The van der Waals surface area contributed by atoms with E-state index in [1.54, 1.807) is 4.90 Å². The van der Waals surface area contributed by atoms with E-state index in [1.807, 2.05) is 0 Å². The van der Waals surface area contributed by atoms with E-state index in [2.05, 4.69) is 19.2 Å². The van der Waals surface area contributed by atoms with Crippen LogP contribution < -0.4 is 5.32 Å². The Morgan fingerprint density at radius 3 is 2.38 bits per heavy atom. The Labute approximate surface area is 95.8 Å². The van der Waals surface area contributed by atoms with Crippen LogP contribution in [-0.2, 0) is 4.79 Å². The Morgan fingerprint density at radius 2 is 1.88 bits per heavy atom. The summed E-state index contributed by atoms with van der Waals surface area (Å²) in [6, 6.07) is -0.139. The van der Waals surface area contributed by atoms with E-state index in [4.69, 9.17) is 5.11 Å². The van der Waals surface area contributed by atoms with Crippen LogP contribution in [0.2, 0.25) is 0 Å². The molecule has 5 nitrogen and oxygen atoms in total. The summed E-state index contributed by atoms with van der Waals surface area (Å²) < 4.78 is 0. The van der Waals surface area contributed by atoms with Crippen molar-refractivity contribution in [2.45, 2.75) is 26.7 Å². The first-order valence-corrected chi connectivity index (χ1v) is 5.73. The molecule has 5 heteroatoms. The van der Waals surface area contributed by atoms with Crippen molar-refractivity contribution in [2.24, 2.45) is 11.8 Å². The molecule has 0 radical (unpaired) electrons. The normalized spacial score (nSPS) is 25.2. The maximum Gasteiger partial charge on any atom is 0.317 e. The first-order valence-electron chi connectivity index (χ1n) is 5.73. The van der Waals surface area contributed by atoms with Crippen molar-refractivity contribution in [3.8, 4) is 0 Å². The zero-order valence-corrected chi connectivity index (χ0v) is 9.90. The number of hydrogen-bond donors (Lipinski definition) is 2. The average Bonchev–Trinajstić information content (AvgIpc) is 2.15. The van der Waals surface area contributed by atoms with E-state index < -0.39 is 5.97 Å². The van der Waals surface area contributed by atoms with Crippen molar-refractivity contribution in [3.05, 3.63) is 0 Å². The molecular weight excluding hydrogens is 208 g/mol. The third-order valence-electron chi connectivity index (χ3n) is 2.77. The highest BCUT2D eigenvalue weighted by Crippen LogP contribution is 2.20. The van der Waals surface area contributed by atoms with Gasteiger partial charge < -0.3 is 15.3 Å². The molecule has 1 aliphatic rings.